The van der Waals surface area contributed by atoms with Crippen molar-refractivity contribution in [1.82, 2.24) is 20.4 Å². The van der Waals surface area contributed by atoms with Crippen LogP contribution >= 0.6 is 11.3 Å². The summed E-state index contributed by atoms with van der Waals surface area (Å²) in [5.41, 5.74) is 0.926. The number of carbonyl (C=O) groups excluding carboxylic acids is 3. The quantitative estimate of drug-likeness (QED) is 0.519. The van der Waals surface area contributed by atoms with Gasteiger partial charge in [0.15, 0.2) is 0 Å². The maximum atomic E-state index is 13.3. The Bertz CT molecular complexity index is 1050. The van der Waals surface area contributed by atoms with E-state index >= 15 is 0 Å². The van der Waals surface area contributed by atoms with E-state index in [1.165, 1.54) is 16.2 Å². The van der Waals surface area contributed by atoms with Crippen molar-refractivity contribution in [1.29, 1.82) is 0 Å². The van der Waals surface area contributed by atoms with Crippen LogP contribution in [-0.2, 0) is 16.0 Å². The SMILES string of the molecule is CC(C)c1nnc(NC(=O)NC(Cc2ccccc2)N2C(=O)C3C4C=CC(C4)C3C2=O)s1. The number of nitrogens with one attached hydrogen (secondary N) is 2. The van der Waals surface area contributed by atoms with Gasteiger partial charge in [0.05, 0.1) is 11.8 Å². The number of likely N-dealkylation sites (tertiary alicyclic amines) is 1. The predicted octanol–water partition coefficient (Wildman–Crippen LogP) is 3.16. The van der Waals surface area contributed by atoms with E-state index < -0.39 is 12.2 Å². The highest BCUT2D eigenvalue weighted by Crippen LogP contribution is 2.52. The summed E-state index contributed by atoms with van der Waals surface area (Å²) in [4.78, 5) is 40.7. The third-order valence-electron chi connectivity index (χ3n) is 6.54. The van der Waals surface area contributed by atoms with E-state index in [1.54, 1.807) is 0 Å². The molecular formula is C23H25N5O3S. The lowest BCUT2D eigenvalue weighted by Gasteiger charge is -2.28. The van der Waals surface area contributed by atoms with Gasteiger partial charge in [0, 0.05) is 12.3 Å². The maximum absolute atomic E-state index is 13.3. The molecule has 2 fully saturated rings. The Morgan fingerprint density at radius 1 is 1.09 bits per heavy atom. The molecule has 2 aliphatic carbocycles. The lowest BCUT2D eigenvalue weighted by Crippen LogP contribution is -2.53. The molecule has 1 saturated carbocycles. The molecule has 32 heavy (non-hydrogen) atoms. The van der Waals surface area contributed by atoms with Crippen molar-refractivity contribution in [3.8, 4) is 0 Å². The number of fused-ring (bicyclic) bond motifs is 5. The zero-order chi connectivity index (χ0) is 22.4. The third-order valence-corrected chi connectivity index (χ3v) is 7.68. The summed E-state index contributed by atoms with van der Waals surface area (Å²) in [6.45, 7) is 4.01. The van der Waals surface area contributed by atoms with E-state index in [9.17, 15) is 14.4 Å². The number of carbonyl (C=O) groups is 3. The number of nitrogens with zero attached hydrogens (tertiary/aromatic N) is 3. The molecule has 1 aromatic heterocycles. The summed E-state index contributed by atoms with van der Waals surface area (Å²) < 4.78 is 0. The highest BCUT2D eigenvalue weighted by molar-refractivity contribution is 7.15. The third kappa shape index (κ3) is 3.60. The zero-order valence-electron chi connectivity index (χ0n) is 17.9. The molecule has 9 heteroatoms. The Morgan fingerprint density at radius 2 is 1.75 bits per heavy atom. The standard InChI is InChI=1S/C23H25N5O3S/c1-12(2)19-26-27-23(32-19)25-22(31)24-16(10-13-6-4-3-5-7-13)28-20(29)17-14-8-9-15(11-14)18(17)21(28)30/h3-9,12,14-18H,10-11H2,1-2H3,(H2,24,25,27,31). The molecule has 2 N–H and O–H groups in total. The van der Waals surface area contributed by atoms with E-state index in [0.29, 0.717) is 11.6 Å². The second-order valence-corrected chi connectivity index (χ2v) is 9.96. The molecule has 2 aromatic rings. The van der Waals surface area contributed by atoms with E-state index in [0.717, 1.165) is 17.0 Å². The minimum Gasteiger partial charge on any atom is -0.317 e. The highest BCUT2D eigenvalue weighted by Gasteiger charge is 2.60. The van der Waals surface area contributed by atoms with Crippen LogP contribution in [0.5, 0.6) is 0 Å². The molecule has 8 nitrogen and oxygen atoms in total. The summed E-state index contributed by atoms with van der Waals surface area (Å²) in [5, 5.41) is 14.8. The number of benzene rings is 1. The first-order chi connectivity index (χ1) is 15.4. The summed E-state index contributed by atoms with van der Waals surface area (Å²) in [6, 6.07) is 9.02. The van der Waals surface area contributed by atoms with Crippen LogP contribution in [-0.4, -0.2) is 39.1 Å². The molecule has 166 valence electrons. The normalized spacial score (nSPS) is 26.7. The van der Waals surface area contributed by atoms with Gasteiger partial charge in [0.1, 0.15) is 11.2 Å². The first kappa shape index (κ1) is 20.8. The largest absolute Gasteiger partial charge is 0.322 e. The minimum atomic E-state index is -0.778. The van der Waals surface area contributed by atoms with Crippen molar-refractivity contribution in [2.24, 2.45) is 23.7 Å². The molecule has 5 unspecified atom stereocenters. The fourth-order valence-corrected chi connectivity index (χ4v) is 5.82. The fraction of sp³-hybridized carbons (Fsp3) is 0.435. The first-order valence-corrected chi connectivity index (χ1v) is 11.7. The number of amides is 4. The van der Waals surface area contributed by atoms with Crippen molar-refractivity contribution in [3.05, 3.63) is 53.1 Å². The Kier molecular flexibility index (Phi) is 5.28. The van der Waals surface area contributed by atoms with Crippen LogP contribution in [0.3, 0.4) is 0 Å². The molecule has 3 aliphatic rings. The van der Waals surface area contributed by atoms with Crippen LogP contribution in [0.2, 0.25) is 0 Å². The van der Waals surface area contributed by atoms with Crippen molar-refractivity contribution in [2.75, 3.05) is 5.32 Å². The average molecular weight is 452 g/mol. The van der Waals surface area contributed by atoms with Gasteiger partial charge < -0.3 is 5.32 Å². The molecule has 1 aliphatic heterocycles. The monoisotopic (exact) mass is 451 g/mol. The highest BCUT2D eigenvalue weighted by atomic mass is 32.1. The molecule has 0 spiro atoms. The van der Waals surface area contributed by atoms with E-state index in [-0.39, 0.29) is 41.4 Å². The Balaban J connectivity index is 1.36. The van der Waals surface area contributed by atoms with Gasteiger partial charge >= 0.3 is 6.03 Å². The Labute approximate surface area is 190 Å². The molecular weight excluding hydrogens is 426 g/mol. The Hall–Kier alpha value is -3.07. The van der Waals surface area contributed by atoms with Crippen molar-refractivity contribution >= 4 is 34.3 Å². The second-order valence-electron chi connectivity index (χ2n) is 8.95. The summed E-state index contributed by atoms with van der Waals surface area (Å²) in [7, 11) is 0. The first-order valence-electron chi connectivity index (χ1n) is 10.9. The number of urea groups is 1. The number of hydrogen-bond donors (Lipinski definition) is 2. The van der Waals surface area contributed by atoms with E-state index in [1.807, 2.05) is 44.2 Å². The predicted molar refractivity (Wildman–Crippen MR) is 120 cm³/mol. The van der Waals surface area contributed by atoms with Gasteiger partial charge in [-0.3, -0.25) is 19.8 Å². The van der Waals surface area contributed by atoms with E-state index in [2.05, 4.69) is 33.0 Å². The fourth-order valence-electron chi connectivity index (χ4n) is 5.08. The lowest BCUT2D eigenvalue weighted by molar-refractivity contribution is -0.143. The van der Waals surface area contributed by atoms with Crippen LogP contribution in [0.25, 0.3) is 0 Å². The number of aromatic nitrogens is 2. The molecule has 0 radical (unpaired) electrons. The van der Waals surface area contributed by atoms with Crippen LogP contribution in [0, 0.1) is 23.7 Å². The Morgan fingerprint density at radius 3 is 2.34 bits per heavy atom. The average Bonchev–Trinajstić information content (AvgIpc) is 3.53. The second kappa shape index (κ2) is 8.12. The topological polar surface area (TPSA) is 104 Å². The van der Waals surface area contributed by atoms with Gasteiger partial charge in [0.2, 0.25) is 16.9 Å². The number of hydrogen-bond acceptors (Lipinski definition) is 6. The van der Waals surface area contributed by atoms with Gasteiger partial charge in [-0.25, -0.2) is 4.79 Å². The van der Waals surface area contributed by atoms with Gasteiger partial charge in [-0.15, -0.1) is 10.2 Å². The van der Waals surface area contributed by atoms with Crippen LogP contribution in [0.1, 0.15) is 36.8 Å². The molecule has 1 saturated heterocycles. The van der Waals surface area contributed by atoms with Gasteiger partial charge in [-0.2, -0.15) is 0 Å². The molecule has 2 bridgehead atoms. The summed E-state index contributed by atoms with van der Waals surface area (Å²) in [6.07, 6.45) is 4.55. The summed E-state index contributed by atoms with van der Waals surface area (Å²) >= 11 is 1.31. The van der Waals surface area contributed by atoms with Crippen LogP contribution in [0.15, 0.2) is 42.5 Å². The molecule has 1 aromatic carbocycles. The number of allylic oxidation sites excluding steroid dienone is 2. The van der Waals surface area contributed by atoms with E-state index in [4.69, 9.17) is 0 Å². The molecule has 4 amide bonds. The van der Waals surface area contributed by atoms with Gasteiger partial charge in [-0.05, 0) is 23.8 Å². The molecule has 5 rings (SSSR count). The maximum Gasteiger partial charge on any atom is 0.322 e. The summed E-state index contributed by atoms with van der Waals surface area (Å²) in [5.74, 6) is -0.538. The molecule has 2 heterocycles. The van der Waals surface area contributed by atoms with Crippen LogP contribution < -0.4 is 10.6 Å². The smallest absolute Gasteiger partial charge is 0.317 e. The minimum absolute atomic E-state index is 0.119. The van der Waals surface area contributed by atoms with Gasteiger partial charge in [-0.1, -0.05) is 67.7 Å². The number of imide groups is 1. The molecule has 5 atom stereocenters. The zero-order valence-corrected chi connectivity index (χ0v) is 18.7. The van der Waals surface area contributed by atoms with Crippen molar-refractivity contribution in [2.45, 2.75) is 38.8 Å². The van der Waals surface area contributed by atoms with Gasteiger partial charge in [0.25, 0.3) is 0 Å². The van der Waals surface area contributed by atoms with Crippen molar-refractivity contribution in [3.63, 3.8) is 0 Å². The number of rotatable bonds is 6. The number of anilines is 1. The van der Waals surface area contributed by atoms with Crippen LogP contribution in [0.4, 0.5) is 9.93 Å². The van der Waals surface area contributed by atoms with Crippen molar-refractivity contribution < 1.29 is 14.4 Å². The lowest BCUT2D eigenvalue weighted by atomic mass is 9.85.